The monoisotopic (exact) mass is 379 g/mol. The minimum Gasteiger partial charge on any atom is -0.382 e. The molecule has 0 aromatic carbocycles. The van der Waals surface area contributed by atoms with Crippen molar-refractivity contribution in [2.45, 2.75) is 50.6 Å². The number of hydrogen-bond acceptors (Lipinski definition) is 6. The molecule has 1 amide bonds. The standard InChI is InChI=1S/C15H33NO6Si2/c1-18-23(19-2)13-9-6-8-12-16(23)15(17)11-7-10-14-24(20-3,21-4)22-5/h6-14H2,1-5H3. The van der Waals surface area contributed by atoms with Gasteiger partial charge in [-0.25, -0.2) is 0 Å². The van der Waals surface area contributed by atoms with Gasteiger partial charge in [-0.05, 0) is 25.7 Å². The van der Waals surface area contributed by atoms with E-state index in [1.54, 1.807) is 35.5 Å². The van der Waals surface area contributed by atoms with E-state index in [2.05, 4.69) is 0 Å². The summed E-state index contributed by atoms with van der Waals surface area (Å²) in [4.78, 5) is 12.7. The lowest BCUT2D eigenvalue weighted by molar-refractivity contribution is -0.129. The smallest absolute Gasteiger partial charge is 0.382 e. The molecule has 0 aromatic rings. The highest BCUT2D eigenvalue weighted by atomic mass is 28.4. The van der Waals surface area contributed by atoms with Crippen LogP contribution in [0.1, 0.15) is 38.5 Å². The Kier molecular flexibility index (Phi) is 9.64. The summed E-state index contributed by atoms with van der Waals surface area (Å²) >= 11 is 0. The van der Waals surface area contributed by atoms with Gasteiger partial charge in [0.15, 0.2) is 0 Å². The molecule has 142 valence electrons. The Labute approximate surface area is 148 Å². The summed E-state index contributed by atoms with van der Waals surface area (Å²) in [5.41, 5.74) is 0. The molecular formula is C15H33NO6Si2. The normalized spacial score (nSPS) is 18.5. The van der Waals surface area contributed by atoms with Gasteiger partial charge in [-0.15, -0.1) is 0 Å². The summed E-state index contributed by atoms with van der Waals surface area (Å²) in [6.45, 7) is 0.736. The van der Waals surface area contributed by atoms with Crippen molar-refractivity contribution < 1.29 is 26.9 Å². The number of carbonyl (C=O) groups is 1. The maximum atomic E-state index is 12.7. The largest absolute Gasteiger partial charge is 0.500 e. The molecule has 1 rings (SSSR count). The quantitative estimate of drug-likeness (QED) is 0.428. The molecule has 1 aliphatic heterocycles. The van der Waals surface area contributed by atoms with Crippen molar-refractivity contribution in [3.8, 4) is 0 Å². The van der Waals surface area contributed by atoms with Crippen LogP contribution in [-0.2, 0) is 26.9 Å². The lowest BCUT2D eigenvalue weighted by Crippen LogP contribution is -2.59. The van der Waals surface area contributed by atoms with E-state index in [9.17, 15) is 4.79 Å². The second-order valence-electron chi connectivity index (χ2n) is 5.98. The highest BCUT2D eigenvalue weighted by Gasteiger charge is 2.46. The van der Waals surface area contributed by atoms with Crippen molar-refractivity contribution in [3.63, 3.8) is 0 Å². The predicted molar refractivity (Wildman–Crippen MR) is 95.6 cm³/mol. The predicted octanol–water partition coefficient (Wildman–Crippen LogP) is 2.28. The van der Waals surface area contributed by atoms with Gasteiger partial charge in [0.1, 0.15) is 0 Å². The molecule has 0 bridgehead atoms. The van der Waals surface area contributed by atoms with Gasteiger partial charge >= 0.3 is 17.5 Å². The van der Waals surface area contributed by atoms with Crippen molar-refractivity contribution in [1.29, 1.82) is 0 Å². The maximum Gasteiger partial charge on any atom is 0.500 e. The van der Waals surface area contributed by atoms with Crippen LogP contribution in [0.25, 0.3) is 0 Å². The van der Waals surface area contributed by atoms with Crippen LogP contribution >= 0.6 is 0 Å². The Morgan fingerprint density at radius 2 is 1.58 bits per heavy atom. The zero-order valence-electron chi connectivity index (χ0n) is 15.8. The summed E-state index contributed by atoms with van der Waals surface area (Å²) in [7, 11) is 3.04. The molecule has 0 aromatic heterocycles. The third-order valence-corrected chi connectivity index (χ3v) is 11.2. The van der Waals surface area contributed by atoms with E-state index in [1.165, 1.54) is 0 Å². The van der Waals surface area contributed by atoms with E-state index < -0.39 is 17.5 Å². The fourth-order valence-corrected chi connectivity index (χ4v) is 8.00. The molecule has 9 heteroatoms. The van der Waals surface area contributed by atoms with E-state index in [4.69, 9.17) is 22.1 Å². The molecule has 1 fully saturated rings. The highest BCUT2D eigenvalue weighted by Crippen LogP contribution is 2.27. The first kappa shape index (κ1) is 21.7. The summed E-state index contributed by atoms with van der Waals surface area (Å²) in [5, 5.41) is 0. The van der Waals surface area contributed by atoms with E-state index in [1.807, 2.05) is 4.57 Å². The number of nitrogens with zero attached hydrogens (tertiary/aromatic N) is 1. The fraction of sp³-hybridized carbons (Fsp3) is 0.933. The third kappa shape index (κ3) is 5.35. The Morgan fingerprint density at radius 1 is 0.958 bits per heavy atom. The Morgan fingerprint density at radius 3 is 2.12 bits per heavy atom. The van der Waals surface area contributed by atoms with Gasteiger partial charge in [-0.2, -0.15) is 0 Å². The topological polar surface area (TPSA) is 66.5 Å². The van der Waals surface area contributed by atoms with Gasteiger partial charge in [-0.3, -0.25) is 4.79 Å². The van der Waals surface area contributed by atoms with Crippen molar-refractivity contribution in [2.75, 3.05) is 42.1 Å². The Hall–Kier alpha value is -0.296. The van der Waals surface area contributed by atoms with Gasteiger partial charge in [0.25, 0.3) is 0 Å². The van der Waals surface area contributed by atoms with Gasteiger partial charge in [-0.1, -0.05) is 6.42 Å². The molecule has 0 aliphatic carbocycles. The molecule has 1 heterocycles. The minimum atomic E-state index is -2.57. The number of amides is 1. The van der Waals surface area contributed by atoms with Crippen molar-refractivity contribution in [2.24, 2.45) is 0 Å². The molecule has 0 radical (unpaired) electrons. The van der Waals surface area contributed by atoms with Crippen molar-refractivity contribution >= 4 is 23.4 Å². The highest BCUT2D eigenvalue weighted by molar-refractivity contribution is 6.67. The second-order valence-corrected chi connectivity index (χ2v) is 12.4. The van der Waals surface area contributed by atoms with Crippen LogP contribution in [0.2, 0.25) is 12.1 Å². The molecule has 0 spiro atoms. The van der Waals surface area contributed by atoms with Crippen molar-refractivity contribution in [1.82, 2.24) is 4.57 Å². The lowest BCUT2D eigenvalue weighted by atomic mass is 10.2. The summed E-state index contributed by atoms with van der Waals surface area (Å²) in [6, 6.07) is 1.56. The molecule has 0 saturated carbocycles. The minimum absolute atomic E-state index is 0.131. The molecule has 1 aliphatic rings. The van der Waals surface area contributed by atoms with Crippen LogP contribution < -0.4 is 0 Å². The maximum absolute atomic E-state index is 12.7. The molecule has 24 heavy (non-hydrogen) atoms. The molecule has 1 saturated heterocycles. The van der Waals surface area contributed by atoms with Gasteiger partial charge < -0.3 is 26.7 Å². The average Bonchev–Trinajstić information content (AvgIpc) is 2.85. The first-order valence-electron chi connectivity index (χ1n) is 8.59. The zero-order valence-corrected chi connectivity index (χ0v) is 17.8. The van der Waals surface area contributed by atoms with E-state index in [0.717, 1.165) is 44.7 Å². The van der Waals surface area contributed by atoms with Gasteiger partial charge in [0, 0.05) is 60.6 Å². The van der Waals surface area contributed by atoms with Crippen LogP contribution in [-0.4, -0.2) is 70.1 Å². The van der Waals surface area contributed by atoms with Crippen LogP contribution in [0.15, 0.2) is 0 Å². The first-order chi connectivity index (χ1) is 11.5. The lowest BCUT2D eigenvalue weighted by Gasteiger charge is -2.36. The first-order valence-corrected chi connectivity index (χ1v) is 12.5. The fourth-order valence-electron chi connectivity index (χ4n) is 3.23. The SMILES string of the molecule is CO[Si](CCCCC(=O)N1CCCCC[Si]1(OC)OC)(OC)OC. The van der Waals surface area contributed by atoms with Crippen LogP contribution in [0.4, 0.5) is 0 Å². The van der Waals surface area contributed by atoms with Crippen LogP contribution in [0.3, 0.4) is 0 Å². The average molecular weight is 380 g/mol. The Balaban J connectivity index is 2.56. The molecule has 0 N–H and O–H groups in total. The van der Waals surface area contributed by atoms with Crippen LogP contribution in [0.5, 0.6) is 0 Å². The molecular weight excluding hydrogens is 346 g/mol. The molecule has 7 nitrogen and oxygen atoms in total. The Bertz CT molecular complexity index is 369. The number of carbonyl (C=O) groups excluding carboxylic acids is 1. The summed E-state index contributed by atoms with van der Waals surface area (Å²) in [6.07, 6.45) is 5.29. The zero-order chi connectivity index (χ0) is 18.1. The summed E-state index contributed by atoms with van der Waals surface area (Å²) in [5.74, 6) is 0.131. The second kappa shape index (κ2) is 10.6. The summed E-state index contributed by atoms with van der Waals surface area (Å²) < 4.78 is 29.6. The number of rotatable bonds is 10. The van der Waals surface area contributed by atoms with Gasteiger partial charge in [0.05, 0.1) is 0 Å². The molecule has 0 unspecified atom stereocenters. The van der Waals surface area contributed by atoms with Gasteiger partial charge in [0.2, 0.25) is 5.91 Å². The van der Waals surface area contributed by atoms with E-state index >= 15 is 0 Å². The van der Waals surface area contributed by atoms with E-state index in [0.29, 0.717) is 12.5 Å². The van der Waals surface area contributed by atoms with Crippen LogP contribution in [0, 0.1) is 0 Å². The number of unbranched alkanes of at least 4 members (excludes halogenated alkanes) is 1. The molecule has 0 atom stereocenters. The number of hydrogen-bond donors (Lipinski definition) is 0. The van der Waals surface area contributed by atoms with Crippen molar-refractivity contribution in [3.05, 3.63) is 0 Å². The van der Waals surface area contributed by atoms with E-state index in [-0.39, 0.29) is 5.91 Å². The third-order valence-electron chi connectivity index (χ3n) is 4.78.